The van der Waals surface area contributed by atoms with Crippen LogP contribution in [0.15, 0.2) is 60.7 Å². The molecule has 0 amide bonds. The molecule has 3 aromatic rings. The zero-order valence-electron chi connectivity index (χ0n) is 14.2. The van der Waals surface area contributed by atoms with Gasteiger partial charge in [-0.25, -0.2) is 9.97 Å². The first-order valence-electron chi connectivity index (χ1n) is 8.11. The molecule has 0 fully saturated rings. The van der Waals surface area contributed by atoms with Crippen molar-refractivity contribution in [1.82, 2.24) is 9.97 Å². The van der Waals surface area contributed by atoms with Crippen LogP contribution in [-0.2, 0) is 0 Å². The summed E-state index contributed by atoms with van der Waals surface area (Å²) in [6, 6.07) is 20.7. The number of rotatable bonds is 5. The summed E-state index contributed by atoms with van der Waals surface area (Å²) in [5.41, 5.74) is 3.46. The van der Waals surface area contributed by atoms with Gasteiger partial charge in [-0.1, -0.05) is 42.5 Å². The third-order valence-corrected chi connectivity index (χ3v) is 3.79. The highest BCUT2D eigenvalue weighted by Crippen LogP contribution is 2.22. The summed E-state index contributed by atoms with van der Waals surface area (Å²) in [5.74, 6) is 2.33. The minimum Gasteiger partial charge on any atom is -0.363 e. The van der Waals surface area contributed by atoms with E-state index < -0.39 is 0 Å². The van der Waals surface area contributed by atoms with E-state index in [0.29, 0.717) is 0 Å². The van der Waals surface area contributed by atoms with Crippen molar-refractivity contribution in [3.8, 4) is 0 Å². The van der Waals surface area contributed by atoms with Crippen molar-refractivity contribution in [2.75, 3.05) is 10.6 Å². The van der Waals surface area contributed by atoms with Crippen molar-refractivity contribution in [3.05, 3.63) is 77.6 Å². The Hall–Kier alpha value is -2.88. The molecule has 24 heavy (non-hydrogen) atoms. The van der Waals surface area contributed by atoms with Gasteiger partial charge < -0.3 is 10.6 Å². The first-order valence-corrected chi connectivity index (χ1v) is 8.11. The van der Waals surface area contributed by atoms with Crippen LogP contribution in [0.25, 0.3) is 0 Å². The molecule has 122 valence electrons. The van der Waals surface area contributed by atoms with Crippen molar-refractivity contribution < 1.29 is 0 Å². The summed E-state index contributed by atoms with van der Waals surface area (Å²) in [6.45, 7) is 6.10. The van der Waals surface area contributed by atoms with Crippen LogP contribution < -0.4 is 10.6 Å². The minimum atomic E-state index is 0.173. The lowest BCUT2D eigenvalue weighted by Crippen LogP contribution is -2.09. The third-order valence-electron chi connectivity index (χ3n) is 3.79. The van der Waals surface area contributed by atoms with Crippen LogP contribution in [0.5, 0.6) is 0 Å². The number of nitrogens with zero attached hydrogens (tertiary/aromatic N) is 2. The normalized spacial score (nSPS) is 11.8. The molecule has 4 nitrogen and oxygen atoms in total. The maximum absolute atomic E-state index is 4.50. The second-order valence-electron chi connectivity index (χ2n) is 5.96. The standard InChI is InChI=1S/C20H22N4/c1-14-8-7-11-18(12-14)24-20-13-19(22-16(3)23-20)21-15(2)17-9-5-4-6-10-17/h4-13,15H,1-3H3,(H2,21,22,23,24). The second kappa shape index (κ2) is 7.13. The average molecular weight is 318 g/mol. The molecule has 0 saturated heterocycles. The van der Waals surface area contributed by atoms with E-state index in [1.807, 2.05) is 43.3 Å². The van der Waals surface area contributed by atoms with E-state index in [2.05, 4.69) is 58.7 Å². The highest BCUT2D eigenvalue weighted by molar-refractivity contribution is 5.60. The Morgan fingerprint density at radius 3 is 2.33 bits per heavy atom. The van der Waals surface area contributed by atoms with E-state index in [4.69, 9.17) is 0 Å². The van der Waals surface area contributed by atoms with Gasteiger partial charge in [-0.15, -0.1) is 0 Å². The number of hydrogen-bond acceptors (Lipinski definition) is 4. The van der Waals surface area contributed by atoms with Gasteiger partial charge in [0.1, 0.15) is 17.5 Å². The van der Waals surface area contributed by atoms with Crippen LogP contribution in [0.3, 0.4) is 0 Å². The molecule has 0 spiro atoms. The lowest BCUT2D eigenvalue weighted by molar-refractivity contribution is 0.867. The van der Waals surface area contributed by atoms with E-state index in [0.717, 1.165) is 23.1 Å². The van der Waals surface area contributed by atoms with Crippen molar-refractivity contribution in [3.63, 3.8) is 0 Å². The molecule has 1 atom stereocenters. The molecule has 1 heterocycles. The van der Waals surface area contributed by atoms with E-state index >= 15 is 0 Å². The average Bonchev–Trinajstić information content (AvgIpc) is 2.55. The van der Waals surface area contributed by atoms with Crippen LogP contribution in [0.4, 0.5) is 17.3 Å². The molecule has 0 aliphatic rings. The molecule has 0 aliphatic carbocycles. The van der Waals surface area contributed by atoms with Crippen LogP contribution in [0.1, 0.15) is 29.9 Å². The van der Waals surface area contributed by atoms with Gasteiger partial charge in [0.05, 0.1) is 0 Å². The van der Waals surface area contributed by atoms with Crippen molar-refractivity contribution in [2.24, 2.45) is 0 Å². The monoisotopic (exact) mass is 318 g/mol. The van der Waals surface area contributed by atoms with Gasteiger partial charge in [0.25, 0.3) is 0 Å². The summed E-state index contributed by atoms with van der Waals surface area (Å²) < 4.78 is 0. The van der Waals surface area contributed by atoms with Crippen LogP contribution in [0, 0.1) is 13.8 Å². The van der Waals surface area contributed by atoms with Gasteiger partial charge in [-0.05, 0) is 44.0 Å². The van der Waals surface area contributed by atoms with E-state index in [9.17, 15) is 0 Å². The summed E-state index contributed by atoms with van der Waals surface area (Å²) in [4.78, 5) is 8.97. The Kier molecular flexibility index (Phi) is 4.75. The zero-order chi connectivity index (χ0) is 16.9. The molecule has 2 N–H and O–H groups in total. The topological polar surface area (TPSA) is 49.8 Å². The summed E-state index contributed by atoms with van der Waals surface area (Å²) >= 11 is 0. The second-order valence-corrected chi connectivity index (χ2v) is 5.96. The molecule has 1 aromatic heterocycles. The Bertz CT molecular complexity index is 815. The number of benzene rings is 2. The minimum absolute atomic E-state index is 0.173. The number of anilines is 3. The fourth-order valence-electron chi connectivity index (χ4n) is 2.62. The van der Waals surface area contributed by atoms with Crippen molar-refractivity contribution in [1.29, 1.82) is 0 Å². The number of nitrogens with one attached hydrogen (secondary N) is 2. The molecular formula is C20H22N4. The SMILES string of the molecule is Cc1cccc(Nc2cc(NC(C)c3ccccc3)nc(C)n2)c1. The molecule has 0 bridgehead atoms. The predicted molar refractivity (Wildman–Crippen MR) is 99.7 cm³/mol. The largest absolute Gasteiger partial charge is 0.363 e. The smallest absolute Gasteiger partial charge is 0.136 e. The summed E-state index contributed by atoms with van der Waals surface area (Å²) in [7, 11) is 0. The van der Waals surface area contributed by atoms with E-state index in [1.54, 1.807) is 0 Å². The van der Waals surface area contributed by atoms with Gasteiger partial charge in [0.15, 0.2) is 0 Å². The first kappa shape index (κ1) is 16.0. The highest BCUT2D eigenvalue weighted by Gasteiger charge is 2.08. The molecule has 3 rings (SSSR count). The highest BCUT2D eigenvalue weighted by atomic mass is 15.1. The summed E-state index contributed by atoms with van der Waals surface area (Å²) in [5, 5.41) is 6.79. The predicted octanol–water partition coefficient (Wildman–Crippen LogP) is 5.01. The molecule has 0 aliphatic heterocycles. The van der Waals surface area contributed by atoms with Gasteiger partial charge in [-0.3, -0.25) is 0 Å². The van der Waals surface area contributed by atoms with E-state index in [1.165, 1.54) is 11.1 Å². The van der Waals surface area contributed by atoms with Crippen molar-refractivity contribution >= 4 is 17.3 Å². The molecule has 4 heteroatoms. The number of hydrogen-bond donors (Lipinski definition) is 2. The lowest BCUT2D eigenvalue weighted by Gasteiger charge is -2.16. The van der Waals surface area contributed by atoms with Crippen LogP contribution in [-0.4, -0.2) is 9.97 Å². The Balaban J connectivity index is 1.79. The fourth-order valence-corrected chi connectivity index (χ4v) is 2.62. The van der Waals surface area contributed by atoms with E-state index in [-0.39, 0.29) is 6.04 Å². The third kappa shape index (κ3) is 4.10. The van der Waals surface area contributed by atoms with Gasteiger partial charge >= 0.3 is 0 Å². The van der Waals surface area contributed by atoms with Crippen molar-refractivity contribution in [2.45, 2.75) is 26.8 Å². The van der Waals surface area contributed by atoms with Gasteiger partial charge in [-0.2, -0.15) is 0 Å². The maximum Gasteiger partial charge on any atom is 0.136 e. The lowest BCUT2D eigenvalue weighted by atomic mass is 10.1. The fraction of sp³-hybridized carbons (Fsp3) is 0.200. The Labute approximate surface area is 143 Å². The molecule has 1 unspecified atom stereocenters. The Morgan fingerprint density at radius 1 is 0.833 bits per heavy atom. The van der Waals surface area contributed by atoms with Crippen LogP contribution in [0.2, 0.25) is 0 Å². The molecule has 2 aromatic carbocycles. The first-order chi connectivity index (χ1) is 11.6. The Morgan fingerprint density at radius 2 is 1.58 bits per heavy atom. The molecule has 0 radical (unpaired) electrons. The zero-order valence-corrected chi connectivity index (χ0v) is 14.2. The van der Waals surface area contributed by atoms with Gasteiger partial charge in [0, 0.05) is 17.8 Å². The quantitative estimate of drug-likeness (QED) is 0.694. The van der Waals surface area contributed by atoms with Gasteiger partial charge in [0.2, 0.25) is 0 Å². The molecule has 0 saturated carbocycles. The van der Waals surface area contributed by atoms with Crippen LogP contribution >= 0.6 is 0 Å². The number of aryl methyl sites for hydroxylation is 2. The number of aromatic nitrogens is 2. The maximum atomic E-state index is 4.50. The molecular weight excluding hydrogens is 296 g/mol. The summed E-state index contributed by atoms with van der Waals surface area (Å²) in [6.07, 6.45) is 0.